The summed E-state index contributed by atoms with van der Waals surface area (Å²) in [7, 11) is -4.22. The van der Waals surface area contributed by atoms with Crippen molar-refractivity contribution in [3.05, 3.63) is 101 Å². The Labute approximate surface area is 208 Å². The van der Waals surface area contributed by atoms with Crippen molar-refractivity contribution >= 4 is 16.0 Å². The van der Waals surface area contributed by atoms with E-state index >= 15 is 0 Å². The number of para-hydroxylation sites is 1. The molecule has 0 bridgehead atoms. The number of benzene rings is 3. The van der Waals surface area contributed by atoms with Gasteiger partial charge >= 0.3 is 5.97 Å². The van der Waals surface area contributed by atoms with Gasteiger partial charge in [0.05, 0.1) is 22.2 Å². The molecule has 2 atom stereocenters. The highest BCUT2D eigenvalue weighted by atomic mass is 32.2. The molecule has 4 aromatic rings. The predicted molar refractivity (Wildman–Crippen MR) is 131 cm³/mol. The van der Waals surface area contributed by atoms with Crippen molar-refractivity contribution in [2.75, 3.05) is 0 Å². The minimum Gasteiger partial charge on any atom is -0.478 e. The van der Waals surface area contributed by atoms with Crippen LogP contribution in [0.3, 0.4) is 0 Å². The Kier molecular flexibility index (Phi) is 7.25. The maximum atomic E-state index is 13.3. The number of aromatic carboxylic acids is 1. The van der Waals surface area contributed by atoms with Gasteiger partial charge in [0.25, 0.3) is 0 Å². The maximum absolute atomic E-state index is 13.3. The van der Waals surface area contributed by atoms with Crippen molar-refractivity contribution in [1.29, 1.82) is 0 Å². The molecule has 1 aromatic heterocycles. The van der Waals surface area contributed by atoms with E-state index in [1.165, 1.54) is 22.9 Å². The van der Waals surface area contributed by atoms with Crippen molar-refractivity contribution in [2.45, 2.75) is 37.3 Å². The van der Waals surface area contributed by atoms with Crippen molar-refractivity contribution in [2.24, 2.45) is 0 Å². The Balaban J connectivity index is 1.74. The first-order valence-corrected chi connectivity index (χ1v) is 12.6. The van der Waals surface area contributed by atoms with Crippen LogP contribution in [0.1, 0.15) is 39.0 Å². The number of hydrogen-bond acceptors (Lipinski definition) is 7. The zero-order valence-electron chi connectivity index (χ0n) is 19.6. The second-order valence-corrected chi connectivity index (χ2v) is 10.1. The first kappa shape index (κ1) is 25.2. The molecule has 0 aliphatic heterocycles. The number of nitrogens with one attached hydrogen (secondary N) is 1. The lowest BCUT2D eigenvalue weighted by atomic mass is 10.0. The molecule has 11 heteroatoms. The molecule has 4 rings (SSSR count). The number of sulfonamides is 1. The summed E-state index contributed by atoms with van der Waals surface area (Å²) < 4.78 is 30.5. The van der Waals surface area contributed by atoms with Crippen LogP contribution in [0.5, 0.6) is 0 Å². The van der Waals surface area contributed by atoms with Crippen LogP contribution in [0.25, 0.3) is 5.69 Å². The molecular weight excluding hydrogens is 482 g/mol. The first-order chi connectivity index (χ1) is 17.2. The van der Waals surface area contributed by atoms with Crippen molar-refractivity contribution < 1.29 is 23.4 Å². The number of aliphatic hydroxyl groups excluding tert-OH is 1. The zero-order valence-corrected chi connectivity index (χ0v) is 20.4. The van der Waals surface area contributed by atoms with Gasteiger partial charge in [-0.2, -0.15) is 4.68 Å². The Morgan fingerprint density at radius 1 is 1.00 bits per heavy atom. The summed E-state index contributed by atoms with van der Waals surface area (Å²) in [5, 5.41) is 32.5. The van der Waals surface area contributed by atoms with Gasteiger partial charge in [0.1, 0.15) is 6.10 Å². The normalized spacial score (nSPS) is 13.3. The molecule has 1 heterocycles. The molecule has 0 saturated carbocycles. The number of carboxylic acids is 1. The second-order valence-electron chi connectivity index (χ2n) is 8.38. The van der Waals surface area contributed by atoms with E-state index in [9.17, 15) is 23.4 Å². The number of rotatable bonds is 9. The van der Waals surface area contributed by atoms with Gasteiger partial charge in [-0.15, -0.1) is 5.10 Å². The molecule has 0 spiro atoms. The standard InChI is InChI=1S/C25H25N5O5S/c1-16-8-6-9-17(2)22(16)30-24(26-28-29-30)23(31)21(14-18-10-4-3-5-11-18)27-36(34,35)20-13-7-12-19(15-20)25(32)33/h3-13,15,21,23,27,31H,14H2,1-2H3,(H,32,33)/t21-,23?/m0/s1. The van der Waals surface area contributed by atoms with E-state index in [0.717, 1.165) is 22.8 Å². The quantitative estimate of drug-likeness (QED) is 0.313. The van der Waals surface area contributed by atoms with E-state index in [1.54, 1.807) is 0 Å². The van der Waals surface area contributed by atoms with Gasteiger partial charge in [-0.1, -0.05) is 54.6 Å². The zero-order chi connectivity index (χ0) is 25.9. The van der Waals surface area contributed by atoms with Crippen LogP contribution in [0.15, 0.2) is 77.7 Å². The minimum atomic E-state index is -4.22. The van der Waals surface area contributed by atoms with Gasteiger partial charge in [0.15, 0.2) is 5.82 Å². The average Bonchev–Trinajstić information content (AvgIpc) is 3.33. The Hall–Kier alpha value is -3.93. The molecule has 36 heavy (non-hydrogen) atoms. The van der Waals surface area contributed by atoms with Gasteiger partial charge in [-0.3, -0.25) is 0 Å². The molecule has 3 N–H and O–H groups in total. The summed E-state index contributed by atoms with van der Waals surface area (Å²) in [5.41, 5.74) is 3.04. The third-order valence-corrected chi connectivity index (χ3v) is 7.27. The largest absolute Gasteiger partial charge is 0.478 e. The number of aliphatic hydroxyl groups is 1. The highest BCUT2D eigenvalue weighted by Gasteiger charge is 2.32. The summed E-state index contributed by atoms with van der Waals surface area (Å²) in [6.07, 6.45) is -1.31. The number of hydrogen-bond donors (Lipinski definition) is 3. The average molecular weight is 508 g/mol. The number of aromatic nitrogens is 4. The number of nitrogens with zero attached hydrogens (tertiary/aromatic N) is 4. The molecule has 186 valence electrons. The van der Waals surface area contributed by atoms with Gasteiger partial charge in [-0.25, -0.2) is 17.9 Å². The molecule has 0 amide bonds. The third kappa shape index (κ3) is 5.33. The van der Waals surface area contributed by atoms with Gasteiger partial charge in [0.2, 0.25) is 10.0 Å². The fourth-order valence-electron chi connectivity index (χ4n) is 4.01. The smallest absolute Gasteiger partial charge is 0.335 e. The lowest BCUT2D eigenvalue weighted by molar-refractivity contribution is 0.0696. The molecule has 0 fully saturated rings. The number of tetrazole rings is 1. The van der Waals surface area contributed by atoms with Crippen molar-refractivity contribution in [3.63, 3.8) is 0 Å². The molecule has 0 aliphatic rings. The van der Waals surface area contributed by atoms with Gasteiger partial charge in [-0.05, 0) is 65.6 Å². The first-order valence-electron chi connectivity index (χ1n) is 11.1. The highest BCUT2D eigenvalue weighted by molar-refractivity contribution is 7.89. The highest BCUT2D eigenvalue weighted by Crippen LogP contribution is 2.25. The maximum Gasteiger partial charge on any atom is 0.335 e. The number of carbonyl (C=O) groups is 1. The number of aryl methyl sites for hydroxylation is 2. The van der Waals surface area contributed by atoms with E-state index in [-0.39, 0.29) is 22.7 Å². The molecule has 0 saturated heterocycles. The van der Waals surface area contributed by atoms with Crippen LogP contribution in [0, 0.1) is 13.8 Å². The summed E-state index contributed by atoms with van der Waals surface area (Å²) >= 11 is 0. The van der Waals surface area contributed by atoms with Crippen LogP contribution in [0.4, 0.5) is 0 Å². The SMILES string of the molecule is Cc1cccc(C)c1-n1nnnc1C(O)[C@H](Cc1ccccc1)NS(=O)(=O)c1cccc(C(=O)O)c1. The molecule has 10 nitrogen and oxygen atoms in total. The lowest BCUT2D eigenvalue weighted by Gasteiger charge is -2.24. The summed E-state index contributed by atoms with van der Waals surface area (Å²) in [6, 6.07) is 18.7. The van der Waals surface area contributed by atoms with Gasteiger partial charge < -0.3 is 10.2 Å². The monoisotopic (exact) mass is 507 g/mol. The van der Waals surface area contributed by atoms with Crippen molar-refractivity contribution in [3.8, 4) is 5.69 Å². The molecule has 0 radical (unpaired) electrons. The van der Waals surface area contributed by atoms with Crippen LogP contribution in [-0.2, 0) is 16.4 Å². The van der Waals surface area contributed by atoms with Crippen LogP contribution < -0.4 is 4.72 Å². The van der Waals surface area contributed by atoms with Gasteiger partial charge in [0, 0.05) is 0 Å². The van der Waals surface area contributed by atoms with Crippen LogP contribution in [0.2, 0.25) is 0 Å². The Morgan fingerprint density at radius 2 is 1.67 bits per heavy atom. The minimum absolute atomic E-state index is 0.0651. The second kappa shape index (κ2) is 10.4. The molecular formula is C25H25N5O5S. The van der Waals surface area contributed by atoms with Crippen LogP contribution >= 0.6 is 0 Å². The summed E-state index contributed by atoms with van der Waals surface area (Å²) in [4.78, 5) is 11.1. The predicted octanol–water partition coefficient (Wildman–Crippen LogP) is 2.60. The van der Waals surface area contributed by atoms with E-state index < -0.39 is 28.1 Å². The lowest BCUT2D eigenvalue weighted by Crippen LogP contribution is -2.41. The summed E-state index contributed by atoms with van der Waals surface area (Å²) in [6.45, 7) is 3.78. The van der Waals surface area contributed by atoms with E-state index in [2.05, 4.69) is 20.2 Å². The molecule has 3 aromatic carbocycles. The fourth-order valence-corrected chi connectivity index (χ4v) is 5.29. The van der Waals surface area contributed by atoms with Crippen LogP contribution in [-0.4, -0.2) is 50.8 Å². The van der Waals surface area contributed by atoms with E-state index in [1.807, 2.05) is 62.4 Å². The van der Waals surface area contributed by atoms with E-state index in [4.69, 9.17) is 0 Å². The third-order valence-electron chi connectivity index (χ3n) is 5.79. The molecule has 0 aliphatic carbocycles. The fraction of sp³-hybridized carbons (Fsp3) is 0.200. The van der Waals surface area contributed by atoms with E-state index in [0.29, 0.717) is 5.69 Å². The van der Waals surface area contributed by atoms with Crippen molar-refractivity contribution in [1.82, 2.24) is 24.9 Å². The topological polar surface area (TPSA) is 147 Å². The Morgan fingerprint density at radius 3 is 2.33 bits per heavy atom. The summed E-state index contributed by atoms with van der Waals surface area (Å²) in [5.74, 6) is -1.18. The Bertz CT molecular complexity index is 1470. The molecule has 1 unspecified atom stereocenters. The number of carboxylic acid groups (broad SMARTS) is 1.